The Kier molecular flexibility index (Phi) is 9.63. The van der Waals surface area contributed by atoms with Crippen LogP contribution >= 0.6 is 0 Å². The molecule has 2 aromatic heterocycles. The fourth-order valence-corrected chi connectivity index (χ4v) is 9.34. The van der Waals surface area contributed by atoms with Crippen molar-refractivity contribution in [1.29, 1.82) is 0 Å². The number of aromatic nitrogens is 4. The van der Waals surface area contributed by atoms with Crippen molar-refractivity contribution in [3.8, 4) is 39.9 Å². The molecule has 0 saturated heterocycles. The van der Waals surface area contributed by atoms with Gasteiger partial charge in [0.15, 0.2) is 17.5 Å². The van der Waals surface area contributed by atoms with Gasteiger partial charge < -0.3 is 9.47 Å². The van der Waals surface area contributed by atoms with Gasteiger partial charge >= 0.3 is 0 Å². The number of nitrogens with zero attached hydrogens (tertiary/aromatic N) is 5. The highest BCUT2D eigenvalue weighted by molar-refractivity contribution is 6.10. The maximum absolute atomic E-state index is 5.46. The Balaban J connectivity index is 1.33. The predicted molar refractivity (Wildman–Crippen MR) is 246 cm³/mol. The summed E-state index contributed by atoms with van der Waals surface area (Å²) in [7, 11) is 0. The van der Waals surface area contributed by atoms with Gasteiger partial charge in [0.25, 0.3) is 0 Å². The van der Waals surface area contributed by atoms with Gasteiger partial charge in [-0.05, 0) is 67.2 Å². The first-order valence-corrected chi connectivity index (χ1v) is 20.7. The lowest BCUT2D eigenvalue weighted by molar-refractivity contribution is 0.497. The molecule has 5 nitrogen and oxygen atoms in total. The Morgan fingerprint density at radius 2 is 1.24 bits per heavy atom. The van der Waals surface area contributed by atoms with E-state index in [0.717, 1.165) is 58.4 Å². The molecule has 3 atom stereocenters. The minimum Gasteiger partial charge on any atom is -0.360 e. The van der Waals surface area contributed by atoms with Crippen LogP contribution in [0.2, 0.25) is 0 Å². The van der Waals surface area contributed by atoms with Crippen LogP contribution in [0.25, 0.3) is 67.2 Å². The van der Waals surface area contributed by atoms with Crippen LogP contribution in [0.4, 0.5) is 5.69 Å². The molecule has 5 heteroatoms. The number of rotatable bonds is 8. The zero-order valence-electron chi connectivity index (χ0n) is 33.2. The Hall–Kier alpha value is -7.11. The summed E-state index contributed by atoms with van der Waals surface area (Å²) in [6.45, 7) is 6.65. The molecular weight excluding hydrogens is 719 g/mol. The molecule has 3 unspecified atom stereocenters. The highest BCUT2D eigenvalue weighted by Gasteiger charge is 2.37. The molecule has 0 N–H and O–H groups in total. The molecule has 0 radical (unpaired) electrons. The van der Waals surface area contributed by atoms with Gasteiger partial charge in [0.1, 0.15) is 0 Å². The van der Waals surface area contributed by atoms with Gasteiger partial charge in [-0.25, -0.2) is 15.0 Å². The normalized spacial score (nSPS) is 17.7. The molecule has 1 aliphatic heterocycles. The van der Waals surface area contributed by atoms with Crippen LogP contribution in [0.15, 0.2) is 195 Å². The quantitative estimate of drug-likeness (QED) is 0.145. The number of fused-ring (bicyclic) bond motifs is 6. The van der Waals surface area contributed by atoms with Crippen molar-refractivity contribution >= 4 is 33.1 Å². The number of benzene rings is 6. The Morgan fingerprint density at radius 3 is 1.90 bits per heavy atom. The lowest BCUT2D eigenvalue weighted by Crippen LogP contribution is -2.46. The van der Waals surface area contributed by atoms with Crippen LogP contribution in [0.5, 0.6) is 0 Å². The highest BCUT2D eigenvalue weighted by Crippen LogP contribution is 2.46. The fraction of sp³-hybridized carbons (Fsp3) is 0.130. The molecule has 0 fully saturated rings. The summed E-state index contributed by atoms with van der Waals surface area (Å²) in [5.74, 6) is 1.93. The average molecular weight is 764 g/mol. The number of allylic oxidation sites excluding steroid dienone is 4. The summed E-state index contributed by atoms with van der Waals surface area (Å²) in [5.41, 5.74) is 11.0. The number of anilines is 1. The Morgan fingerprint density at radius 1 is 0.644 bits per heavy atom. The number of hydrogen-bond acceptors (Lipinski definition) is 4. The molecule has 0 amide bonds. The fourth-order valence-electron chi connectivity index (χ4n) is 9.34. The minimum atomic E-state index is 0.0296. The van der Waals surface area contributed by atoms with Crippen molar-refractivity contribution < 1.29 is 0 Å². The van der Waals surface area contributed by atoms with Crippen LogP contribution in [0.1, 0.15) is 43.2 Å². The van der Waals surface area contributed by atoms with Crippen LogP contribution in [0.3, 0.4) is 0 Å². The van der Waals surface area contributed by atoms with Gasteiger partial charge in [0, 0.05) is 39.9 Å². The van der Waals surface area contributed by atoms with Gasteiger partial charge in [-0.15, -0.1) is 6.58 Å². The summed E-state index contributed by atoms with van der Waals surface area (Å²) in [6, 6.07) is 53.7. The van der Waals surface area contributed by atoms with Crippen molar-refractivity contribution in [3.63, 3.8) is 0 Å². The maximum Gasteiger partial charge on any atom is 0.168 e. The van der Waals surface area contributed by atoms with Crippen LogP contribution in [0, 0.1) is 0 Å². The monoisotopic (exact) mass is 763 g/mol. The summed E-state index contributed by atoms with van der Waals surface area (Å²) < 4.78 is 2.42. The van der Waals surface area contributed by atoms with Gasteiger partial charge in [0.05, 0.1) is 28.0 Å². The van der Waals surface area contributed by atoms with E-state index in [4.69, 9.17) is 15.0 Å². The molecule has 0 saturated carbocycles. The Bertz CT molecular complexity index is 2810. The molecule has 1 aliphatic carbocycles. The van der Waals surface area contributed by atoms with E-state index < -0.39 is 0 Å². The molecule has 286 valence electrons. The largest absolute Gasteiger partial charge is 0.360 e. The predicted octanol–water partition coefficient (Wildman–Crippen LogP) is 13.2. The minimum absolute atomic E-state index is 0.0296. The van der Waals surface area contributed by atoms with E-state index in [1.54, 1.807) is 0 Å². The zero-order chi connectivity index (χ0) is 39.7. The third-order valence-corrected chi connectivity index (χ3v) is 12.0. The van der Waals surface area contributed by atoms with E-state index in [2.05, 4.69) is 175 Å². The van der Waals surface area contributed by atoms with E-state index >= 15 is 0 Å². The summed E-state index contributed by atoms with van der Waals surface area (Å²) >= 11 is 0. The van der Waals surface area contributed by atoms with Gasteiger partial charge in [0.2, 0.25) is 0 Å². The lowest BCUT2D eigenvalue weighted by Gasteiger charge is -2.44. The van der Waals surface area contributed by atoms with E-state index in [1.165, 1.54) is 27.5 Å². The van der Waals surface area contributed by atoms with Gasteiger partial charge in [-0.1, -0.05) is 164 Å². The molecule has 59 heavy (non-hydrogen) atoms. The standard InChI is InChI=1S/C54H45N5/c1-3-5-31-46-41(4-2)43-28-15-14-27-42(43)39-25-12-13-26-40(36-39)58(46)49-34-20-35-50(59-47-32-18-16-29-44(47)45-30-17-19-33-48(45)59)51(49)54-56-52(37-21-8-6-9-22-37)55-53(57-54)38-23-10-7-11-24-38/h3-12,14-25,27-30,32-36,40-41,46H,2,13,26,31H2,1H3/b5-3-. The second kappa shape index (κ2) is 15.7. The summed E-state index contributed by atoms with van der Waals surface area (Å²) in [4.78, 5) is 18.8. The Labute approximate surface area is 346 Å². The number of hydrogen-bond donors (Lipinski definition) is 0. The van der Waals surface area contributed by atoms with E-state index in [1.807, 2.05) is 36.4 Å². The van der Waals surface area contributed by atoms with Crippen molar-refractivity contribution in [1.82, 2.24) is 19.5 Å². The summed E-state index contributed by atoms with van der Waals surface area (Å²) in [5, 5.41) is 2.40. The van der Waals surface area contributed by atoms with Crippen LogP contribution in [-0.2, 0) is 0 Å². The average Bonchev–Trinajstić information content (AvgIpc) is 3.42. The SMILES string of the molecule is C=CC1c2ccccc2C2=CC(CCC=C2)N(c2cccc(-n3c4ccccc4c4ccccc43)c2-c2nc(-c3ccccc3)nc(-c3ccccc3)n2)C1C/C=C\C. The second-order valence-electron chi connectivity index (χ2n) is 15.4. The second-order valence-corrected chi connectivity index (χ2v) is 15.4. The molecule has 2 aliphatic rings. The van der Waals surface area contributed by atoms with E-state index in [9.17, 15) is 0 Å². The van der Waals surface area contributed by atoms with Crippen molar-refractivity contribution in [2.24, 2.45) is 0 Å². The molecule has 0 spiro atoms. The first-order chi connectivity index (χ1) is 29.2. The van der Waals surface area contributed by atoms with E-state index in [0.29, 0.717) is 17.5 Å². The maximum atomic E-state index is 5.46. The molecule has 3 heterocycles. The smallest absolute Gasteiger partial charge is 0.168 e. The highest BCUT2D eigenvalue weighted by atomic mass is 15.2. The number of para-hydroxylation sites is 2. The van der Waals surface area contributed by atoms with Crippen LogP contribution < -0.4 is 4.90 Å². The first kappa shape index (κ1) is 36.2. The first-order valence-electron chi connectivity index (χ1n) is 20.7. The zero-order valence-corrected chi connectivity index (χ0v) is 33.2. The van der Waals surface area contributed by atoms with Gasteiger partial charge in [-0.2, -0.15) is 0 Å². The molecule has 2 bridgehead atoms. The van der Waals surface area contributed by atoms with E-state index in [-0.39, 0.29) is 18.0 Å². The molecule has 8 aromatic rings. The van der Waals surface area contributed by atoms with Crippen molar-refractivity contribution in [3.05, 3.63) is 206 Å². The molecule has 6 aromatic carbocycles. The molecule has 10 rings (SSSR count). The topological polar surface area (TPSA) is 46.8 Å². The van der Waals surface area contributed by atoms with Gasteiger partial charge in [-0.3, -0.25) is 0 Å². The van der Waals surface area contributed by atoms with Crippen molar-refractivity contribution in [2.45, 2.75) is 44.2 Å². The third-order valence-electron chi connectivity index (χ3n) is 12.0. The third kappa shape index (κ3) is 6.49. The molecular formula is C54H45N5. The summed E-state index contributed by atoms with van der Waals surface area (Å²) in [6.07, 6.45) is 16.6. The van der Waals surface area contributed by atoms with Crippen molar-refractivity contribution in [2.75, 3.05) is 4.90 Å². The van der Waals surface area contributed by atoms with Crippen LogP contribution in [-0.4, -0.2) is 31.6 Å². The lowest BCUT2D eigenvalue weighted by atomic mass is 9.80.